The van der Waals surface area contributed by atoms with Gasteiger partial charge in [-0.15, -0.1) is 11.3 Å². The predicted molar refractivity (Wildman–Crippen MR) is 86.5 cm³/mol. The zero-order valence-electron chi connectivity index (χ0n) is 10.1. The quantitative estimate of drug-likeness (QED) is 0.830. The fraction of sp³-hybridized carbons (Fsp3) is 0.167. The highest BCUT2D eigenvalue weighted by molar-refractivity contribution is 9.11. The minimum atomic E-state index is -3.60. The van der Waals surface area contributed by atoms with E-state index in [9.17, 15) is 8.42 Å². The van der Waals surface area contributed by atoms with Crippen molar-refractivity contribution in [2.75, 3.05) is 16.6 Å². The maximum absolute atomic E-state index is 12.3. The van der Waals surface area contributed by atoms with Crippen molar-refractivity contribution < 1.29 is 8.42 Å². The van der Waals surface area contributed by atoms with Crippen LogP contribution in [-0.2, 0) is 16.4 Å². The Labute approximate surface area is 134 Å². The van der Waals surface area contributed by atoms with Crippen LogP contribution < -0.4 is 10.0 Å². The molecule has 106 valence electrons. The van der Waals surface area contributed by atoms with Crippen LogP contribution in [0.15, 0.2) is 32.3 Å². The van der Waals surface area contributed by atoms with Crippen molar-refractivity contribution in [1.82, 2.24) is 0 Å². The van der Waals surface area contributed by atoms with E-state index >= 15 is 0 Å². The lowest BCUT2D eigenvalue weighted by molar-refractivity contribution is 0.603. The number of thiophene rings is 1. The Morgan fingerprint density at radius 2 is 2.15 bits per heavy atom. The van der Waals surface area contributed by atoms with Gasteiger partial charge in [0.05, 0.1) is 8.81 Å². The number of hydrogen-bond donors (Lipinski definition) is 2. The van der Waals surface area contributed by atoms with E-state index in [2.05, 4.69) is 26.0 Å². The van der Waals surface area contributed by atoms with Gasteiger partial charge in [-0.25, -0.2) is 8.42 Å². The maximum atomic E-state index is 12.3. The summed E-state index contributed by atoms with van der Waals surface area (Å²) in [6.45, 7) is 0.888. The zero-order valence-corrected chi connectivity index (χ0v) is 14.1. The molecule has 3 rings (SSSR count). The summed E-state index contributed by atoms with van der Waals surface area (Å²) in [5, 5.41) is 3.63. The minimum absolute atomic E-state index is 0.188. The molecule has 1 aliphatic rings. The van der Waals surface area contributed by atoms with E-state index in [0.717, 1.165) is 35.6 Å². The molecule has 0 saturated heterocycles. The Bertz CT molecular complexity index is 754. The molecule has 0 bridgehead atoms. The summed E-state index contributed by atoms with van der Waals surface area (Å²) in [6, 6.07) is 6.93. The molecule has 1 aromatic heterocycles. The van der Waals surface area contributed by atoms with Crippen molar-refractivity contribution >= 4 is 60.3 Å². The fourth-order valence-corrected chi connectivity index (χ4v) is 5.48. The van der Waals surface area contributed by atoms with Gasteiger partial charge in [0, 0.05) is 17.9 Å². The van der Waals surface area contributed by atoms with Gasteiger partial charge in [0.1, 0.15) is 4.21 Å². The first kappa shape index (κ1) is 14.2. The van der Waals surface area contributed by atoms with Gasteiger partial charge in [0.15, 0.2) is 0 Å². The Hall–Kier alpha value is -0.760. The summed E-state index contributed by atoms with van der Waals surface area (Å²) in [4.78, 5) is 0. The molecular formula is C12H10BrClN2O2S2. The van der Waals surface area contributed by atoms with Gasteiger partial charge in [-0.05, 0) is 52.2 Å². The van der Waals surface area contributed by atoms with E-state index < -0.39 is 10.0 Å². The van der Waals surface area contributed by atoms with Gasteiger partial charge < -0.3 is 5.32 Å². The molecule has 0 radical (unpaired) electrons. The Balaban J connectivity index is 1.90. The molecule has 20 heavy (non-hydrogen) atoms. The third-order valence-electron chi connectivity index (χ3n) is 2.95. The van der Waals surface area contributed by atoms with Crippen molar-refractivity contribution in [3.63, 3.8) is 0 Å². The van der Waals surface area contributed by atoms with E-state index in [1.807, 2.05) is 12.1 Å². The molecule has 0 spiro atoms. The molecule has 1 aromatic carbocycles. The Kier molecular flexibility index (Phi) is 3.70. The van der Waals surface area contributed by atoms with Gasteiger partial charge in [-0.1, -0.05) is 11.6 Å². The normalized spacial score (nSPS) is 13.9. The van der Waals surface area contributed by atoms with E-state index in [4.69, 9.17) is 11.6 Å². The second-order valence-corrected chi connectivity index (χ2v) is 9.03. The summed E-state index contributed by atoms with van der Waals surface area (Å²) in [6.07, 6.45) is 0.904. The molecule has 0 amide bonds. The lowest BCUT2D eigenvalue weighted by Crippen LogP contribution is -2.11. The average Bonchev–Trinajstić information content (AvgIpc) is 2.96. The highest BCUT2D eigenvalue weighted by atomic mass is 79.9. The van der Waals surface area contributed by atoms with Crippen LogP contribution in [-0.4, -0.2) is 15.0 Å². The Morgan fingerprint density at radius 1 is 1.35 bits per heavy atom. The molecule has 4 nitrogen and oxygen atoms in total. The second-order valence-electron chi connectivity index (χ2n) is 4.34. The van der Waals surface area contributed by atoms with Crippen LogP contribution in [0.25, 0.3) is 0 Å². The van der Waals surface area contributed by atoms with Crippen molar-refractivity contribution in [2.45, 2.75) is 10.6 Å². The third kappa shape index (κ3) is 2.67. The number of halogens is 2. The molecule has 8 heteroatoms. The smallest absolute Gasteiger partial charge is 0.271 e. The average molecular weight is 394 g/mol. The minimum Gasteiger partial charge on any atom is -0.384 e. The number of nitrogens with one attached hydrogen (secondary N) is 2. The lowest BCUT2D eigenvalue weighted by Gasteiger charge is -2.08. The van der Waals surface area contributed by atoms with E-state index in [0.29, 0.717) is 14.5 Å². The van der Waals surface area contributed by atoms with Crippen LogP contribution in [0.5, 0.6) is 0 Å². The second kappa shape index (κ2) is 5.22. The van der Waals surface area contributed by atoms with Gasteiger partial charge in [0.2, 0.25) is 0 Å². The molecule has 0 fully saturated rings. The van der Waals surface area contributed by atoms with Gasteiger partial charge in [0.25, 0.3) is 10.0 Å². The fourth-order valence-electron chi connectivity index (χ4n) is 2.03. The number of anilines is 2. The zero-order chi connectivity index (χ0) is 14.3. The van der Waals surface area contributed by atoms with Crippen molar-refractivity contribution in [1.29, 1.82) is 0 Å². The number of sulfonamides is 1. The maximum Gasteiger partial charge on any atom is 0.271 e. The van der Waals surface area contributed by atoms with Gasteiger partial charge in [-0.3, -0.25) is 4.72 Å². The van der Waals surface area contributed by atoms with Crippen LogP contribution in [0.2, 0.25) is 5.02 Å². The number of fused-ring (bicyclic) bond motifs is 1. The first-order chi connectivity index (χ1) is 9.45. The van der Waals surface area contributed by atoms with Crippen LogP contribution >= 0.6 is 38.9 Å². The summed E-state index contributed by atoms with van der Waals surface area (Å²) < 4.78 is 27.9. The summed E-state index contributed by atoms with van der Waals surface area (Å²) in [7, 11) is -3.60. The molecule has 0 saturated carbocycles. The molecule has 0 aliphatic carbocycles. The number of hydrogen-bond acceptors (Lipinski definition) is 4. The number of benzene rings is 1. The van der Waals surface area contributed by atoms with E-state index in [1.54, 1.807) is 6.07 Å². The SMILES string of the molecule is O=S(=O)(Nc1ccc2c(c1)CCN2)c1cc(Cl)c(Br)s1. The molecule has 1 aliphatic heterocycles. The van der Waals surface area contributed by atoms with E-state index in [-0.39, 0.29) is 4.21 Å². The first-order valence-electron chi connectivity index (χ1n) is 5.80. The highest BCUT2D eigenvalue weighted by Crippen LogP contribution is 2.35. The van der Waals surface area contributed by atoms with Crippen molar-refractivity contribution in [3.8, 4) is 0 Å². The van der Waals surface area contributed by atoms with Gasteiger partial charge in [-0.2, -0.15) is 0 Å². The first-order valence-corrected chi connectivity index (χ1v) is 9.27. The van der Waals surface area contributed by atoms with Crippen LogP contribution in [0.1, 0.15) is 5.56 Å². The largest absolute Gasteiger partial charge is 0.384 e. The van der Waals surface area contributed by atoms with Crippen LogP contribution in [0.3, 0.4) is 0 Å². The molecule has 0 unspecified atom stereocenters. The predicted octanol–water partition coefficient (Wildman–Crippen LogP) is 3.93. The summed E-state index contributed by atoms with van der Waals surface area (Å²) >= 11 is 10.2. The van der Waals surface area contributed by atoms with Crippen LogP contribution in [0.4, 0.5) is 11.4 Å². The molecule has 0 atom stereocenters. The Morgan fingerprint density at radius 3 is 2.85 bits per heavy atom. The monoisotopic (exact) mass is 392 g/mol. The lowest BCUT2D eigenvalue weighted by atomic mass is 10.1. The van der Waals surface area contributed by atoms with Crippen molar-refractivity contribution in [3.05, 3.63) is 38.6 Å². The summed E-state index contributed by atoms with van der Waals surface area (Å²) in [5.74, 6) is 0. The van der Waals surface area contributed by atoms with Crippen molar-refractivity contribution in [2.24, 2.45) is 0 Å². The highest BCUT2D eigenvalue weighted by Gasteiger charge is 2.20. The third-order valence-corrected chi connectivity index (χ3v) is 7.28. The molecule has 2 heterocycles. The molecular weight excluding hydrogens is 384 g/mol. The topological polar surface area (TPSA) is 58.2 Å². The standard InChI is InChI=1S/C12H10BrClN2O2S2/c13-12-9(14)6-11(19-12)20(17,18)16-8-1-2-10-7(5-8)3-4-15-10/h1-2,5-6,15-16H,3-4H2. The van der Waals surface area contributed by atoms with Gasteiger partial charge >= 0.3 is 0 Å². The van der Waals surface area contributed by atoms with Crippen LogP contribution in [0, 0.1) is 0 Å². The molecule has 2 aromatic rings. The summed E-state index contributed by atoms with van der Waals surface area (Å²) in [5.41, 5.74) is 2.75. The number of rotatable bonds is 3. The van der Waals surface area contributed by atoms with E-state index in [1.165, 1.54) is 6.07 Å². The molecule has 2 N–H and O–H groups in total.